The average molecular weight is 263 g/mol. The molecule has 1 unspecified atom stereocenters. The van der Waals surface area contributed by atoms with Crippen molar-refractivity contribution < 1.29 is 10.0 Å². The lowest BCUT2D eigenvalue weighted by molar-refractivity contribution is -0.122. The van der Waals surface area contributed by atoms with Crippen LogP contribution in [0.1, 0.15) is 37.7 Å². The van der Waals surface area contributed by atoms with E-state index in [9.17, 15) is 4.79 Å². The summed E-state index contributed by atoms with van der Waals surface area (Å²) in [6.07, 6.45) is 1.89. The minimum atomic E-state index is -0.120. The highest BCUT2D eigenvalue weighted by atomic mass is 16.4. The summed E-state index contributed by atoms with van der Waals surface area (Å²) < 4.78 is 0. The summed E-state index contributed by atoms with van der Waals surface area (Å²) in [6.45, 7) is 2.52. The Bertz CT molecular complexity index is 418. The Kier molecular flexibility index (Phi) is 6.43. The Hall–Kier alpha value is -2.04. The molecular formula is C14H21N3O2. The molecule has 1 atom stereocenters. The normalized spacial score (nSPS) is 13.0. The molecule has 4 N–H and O–H groups in total. The van der Waals surface area contributed by atoms with Gasteiger partial charge < -0.3 is 16.3 Å². The van der Waals surface area contributed by atoms with Gasteiger partial charge in [0.15, 0.2) is 0 Å². The lowest BCUT2D eigenvalue weighted by Gasteiger charge is -2.15. The van der Waals surface area contributed by atoms with E-state index >= 15 is 0 Å². The number of rotatable bonds is 7. The highest BCUT2D eigenvalue weighted by molar-refractivity contribution is 5.83. The Balaban J connectivity index is 2.43. The van der Waals surface area contributed by atoms with E-state index in [0.717, 1.165) is 12.0 Å². The number of nitrogens with two attached hydrogens (primary N) is 1. The summed E-state index contributed by atoms with van der Waals surface area (Å²) in [6, 6.07) is 9.73. The van der Waals surface area contributed by atoms with Crippen LogP contribution in [0.25, 0.3) is 0 Å². The first-order valence-electron chi connectivity index (χ1n) is 6.48. The first-order chi connectivity index (χ1) is 9.19. The van der Waals surface area contributed by atoms with E-state index < -0.39 is 0 Å². The van der Waals surface area contributed by atoms with E-state index in [1.807, 2.05) is 37.3 Å². The van der Waals surface area contributed by atoms with Crippen molar-refractivity contribution in [2.75, 3.05) is 6.54 Å². The molecule has 0 aliphatic heterocycles. The van der Waals surface area contributed by atoms with Gasteiger partial charge in [0.1, 0.15) is 5.84 Å². The van der Waals surface area contributed by atoms with E-state index in [2.05, 4.69) is 10.5 Å². The van der Waals surface area contributed by atoms with Crippen molar-refractivity contribution in [2.45, 2.75) is 32.1 Å². The molecule has 19 heavy (non-hydrogen) atoms. The van der Waals surface area contributed by atoms with Gasteiger partial charge in [0.25, 0.3) is 0 Å². The molecule has 0 saturated carbocycles. The van der Waals surface area contributed by atoms with Gasteiger partial charge in [-0.05, 0) is 18.4 Å². The van der Waals surface area contributed by atoms with Crippen LogP contribution in [0, 0.1) is 0 Å². The van der Waals surface area contributed by atoms with Crippen molar-refractivity contribution in [2.24, 2.45) is 10.9 Å². The molecule has 0 spiro atoms. The first-order valence-corrected chi connectivity index (χ1v) is 6.48. The Morgan fingerprint density at radius 3 is 2.68 bits per heavy atom. The van der Waals surface area contributed by atoms with Gasteiger partial charge in [0, 0.05) is 13.0 Å². The molecule has 0 heterocycles. The molecule has 0 fully saturated rings. The fraction of sp³-hybridized carbons (Fsp3) is 0.429. The molecule has 104 valence electrons. The molecule has 0 aromatic heterocycles. The van der Waals surface area contributed by atoms with Gasteiger partial charge in [0.05, 0.1) is 5.92 Å². The van der Waals surface area contributed by atoms with E-state index in [1.54, 1.807) is 0 Å². The van der Waals surface area contributed by atoms with E-state index in [1.165, 1.54) is 0 Å². The first kappa shape index (κ1) is 15.0. The Morgan fingerprint density at radius 1 is 1.42 bits per heavy atom. The molecule has 5 nitrogen and oxygen atoms in total. The summed E-state index contributed by atoms with van der Waals surface area (Å²) in [5.41, 5.74) is 6.38. The zero-order valence-corrected chi connectivity index (χ0v) is 11.2. The van der Waals surface area contributed by atoms with Gasteiger partial charge in [-0.1, -0.05) is 42.4 Å². The topological polar surface area (TPSA) is 87.7 Å². The highest BCUT2D eigenvalue weighted by Crippen LogP contribution is 2.18. The van der Waals surface area contributed by atoms with Crippen LogP contribution in [0.5, 0.6) is 0 Å². The molecule has 0 aliphatic rings. The maximum atomic E-state index is 12.1. The molecular weight excluding hydrogens is 242 g/mol. The SMILES string of the molecule is CCC(C(=O)NCCC/C(N)=N/O)c1ccccc1. The molecule has 1 amide bonds. The van der Waals surface area contributed by atoms with Crippen molar-refractivity contribution in [1.29, 1.82) is 0 Å². The fourth-order valence-electron chi connectivity index (χ4n) is 1.91. The number of hydrogen-bond donors (Lipinski definition) is 3. The number of amides is 1. The Labute approximate surface area is 113 Å². The molecule has 5 heteroatoms. The van der Waals surface area contributed by atoms with Crippen molar-refractivity contribution in [3.63, 3.8) is 0 Å². The average Bonchev–Trinajstić information content (AvgIpc) is 2.45. The quantitative estimate of drug-likeness (QED) is 0.230. The monoisotopic (exact) mass is 263 g/mol. The minimum Gasteiger partial charge on any atom is -0.409 e. The maximum Gasteiger partial charge on any atom is 0.227 e. The van der Waals surface area contributed by atoms with Crippen LogP contribution in [0.2, 0.25) is 0 Å². The zero-order chi connectivity index (χ0) is 14.1. The van der Waals surface area contributed by atoms with E-state index in [0.29, 0.717) is 19.4 Å². The van der Waals surface area contributed by atoms with Crippen molar-refractivity contribution in [1.82, 2.24) is 5.32 Å². The summed E-state index contributed by atoms with van der Waals surface area (Å²) >= 11 is 0. The largest absolute Gasteiger partial charge is 0.409 e. The van der Waals surface area contributed by atoms with Gasteiger partial charge in [-0.15, -0.1) is 0 Å². The van der Waals surface area contributed by atoms with Crippen LogP contribution in [-0.2, 0) is 4.79 Å². The molecule has 0 aliphatic carbocycles. The summed E-state index contributed by atoms with van der Waals surface area (Å²) in [5.74, 6) is 0.0858. The third-order valence-corrected chi connectivity index (χ3v) is 2.96. The number of oxime groups is 1. The number of nitrogens with one attached hydrogen (secondary N) is 1. The van der Waals surface area contributed by atoms with Crippen LogP contribution < -0.4 is 11.1 Å². The standard InChI is InChI=1S/C14H21N3O2/c1-2-12(11-7-4-3-5-8-11)14(18)16-10-6-9-13(15)17-19/h3-5,7-8,12,19H,2,6,9-10H2,1H3,(H2,15,17)(H,16,18). The zero-order valence-electron chi connectivity index (χ0n) is 11.2. The van der Waals surface area contributed by atoms with Crippen LogP contribution in [0.15, 0.2) is 35.5 Å². The van der Waals surface area contributed by atoms with Crippen LogP contribution in [0.3, 0.4) is 0 Å². The minimum absolute atomic E-state index is 0.0215. The Morgan fingerprint density at radius 2 is 2.11 bits per heavy atom. The van der Waals surface area contributed by atoms with Crippen LogP contribution >= 0.6 is 0 Å². The predicted molar refractivity (Wildman–Crippen MR) is 75.1 cm³/mol. The molecule has 1 rings (SSSR count). The lowest BCUT2D eigenvalue weighted by Crippen LogP contribution is -2.30. The van der Waals surface area contributed by atoms with Gasteiger partial charge in [-0.3, -0.25) is 4.79 Å². The number of carbonyl (C=O) groups is 1. The molecule has 1 aromatic rings. The predicted octanol–water partition coefficient (Wildman–Crippen LogP) is 1.82. The number of benzene rings is 1. The number of hydrogen-bond acceptors (Lipinski definition) is 3. The molecule has 0 bridgehead atoms. The maximum absolute atomic E-state index is 12.1. The number of amidine groups is 1. The number of nitrogens with zero attached hydrogens (tertiary/aromatic N) is 1. The summed E-state index contributed by atoms with van der Waals surface area (Å²) in [5, 5.41) is 14.2. The van der Waals surface area contributed by atoms with Gasteiger partial charge in [-0.25, -0.2) is 0 Å². The fourth-order valence-corrected chi connectivity index (χ4v) is 1.91. The van der Waals surface area contributed by atoms with E-state index in [-0.39, 0.29) is 17.7 Å². The van der Waals surface area contributed by atoms with E-state index in [4.69, 9.17) is 10.9 Å². The smallest absolute Gasteiger partial charge is 0.227 e. The van der Waals surface area contributed by atoms with Gasteiger partial charge >= 0.3 is 0 Å². The molecule has 0 radical (unpaired) electrons. The second kappa shape index (κ2) is 8.13. The van der Waals surface area contributed by atoms with Crippen molar-refractivity contribution in [3.8, 4) is 0 Å². The van der Waals surface area contributed by atoms with Crippen molar-refractivity contribution >= 4 is 11.7 Å². The highest BCUT2D eigenvalue weighted by Gasteiger charge is 2.17. The summed E-state index contributed by atoms with van der Waals surface area (Å²) in [4.78, 5) is 12.1. The molecule has 1 aromatic carbocycles. The second-order valence-electron chi connectivity index (χ2n) is 4.36. The third kappa shape index (κ3) is 4.99. The van der Waals surface area contributed by atoms with Gasteiger partial charge in [-0.2, -0.15) is 0 Å². The van der Waals surface area contributed by atoms with Crippen molar-refractivity contribution in [3.05, 3.63) is 35.9 Å². The third-order valence-electron chi connectivity index (χ3n) is 2.96. The lowest BCUT2D eigenvalue weighted by atomic mass is 9.95. The molecule has 0 saturated heterocycles. The van der Waals surface area contributed by atoms with Crippen LogP contribution in [0.4, 0.5) is 0 Å². The van der Waals surface area contributed by atoms with Crippen LogP contribution in [-0.4, -0.2) is 23.5 Å². The second-order valence-corrected chi connectivity index (χ2v) is 4.36. The van der Waals surface area contributed by atoms with Gasteiger partial charge in [0.2, 0.25) is 5.91 Å². The number of carbonyl (C=O) groups excluding carboxylic acids is 1. The summed E-state index contributed by atoms with van der Waals surface area (Å²) in [7, 11) is 0.